The molecule has 1 amide bonds. The van der Waals surface area contributed by atoms with Gasteiger partial charge in [-0.15, -0.1) is 22.7 Å². The molecule has 0 atom stereocenters. The van der Waals surface area contributed by atoms with Crippen molar-refractivity contribution < 1.29 is 9.53 Å². The zero-order valence-corrected chi connectivity index (χ0v) is 17.7. The number of anilines is 2. The first-order valence-corrected chi connectivity index (χ1v) is 11.4. The van der Waals surface area contributed by atoms with Crippen LogP contribution < -0.4 is 15.0 Å². The largest absolute Gasteiger partial charge is 0.483 e. The molecule has 1 aliphatic heterocycles. The summed E-state index contributed by atoms with van der Waals surface area (Å²) in [7, 11) is 0. The number of ether oxygens (including phenoxy) is 1. The van der Waals surface area contributed by atoms with Crippen LogP contribution in [0.25, 0.3) is 20.3 Å². The molecular weight excluding hydrogens is 402 g/mol. The lowest BCUT2D eigenvalue weighted by Crippen LogP contribution is -2.21. The van der Waals surface area contributed by atoms with Gasteiger partial charge in [-0.05, 0) is 49.4 Å². The second-order valence-electron chi connectivity index (χ2n) is 7.20. The highest BCUT2D eigenvalue weighted by atomic mass is 32.1. The van der Waals surface area contributed by atoms with E-state index >= 15 is 0 Å². The van der Waals surface area contributed by atoms with E-state index in [2.05, 4.69) is 21.3 Å². The first-order chi connectivity index (χ1) is 14.2. The normalized spacial score (nSPS) is 14.0. The number of rotatable bonds is 5. The Hall–Kier alpha value is -2.64. The van der Waals surface area contributed by atoms with Crippen molar-refractivity contribution in [2.45, 2.75) is 19.8 Å². The summed E-state index contributed by atoms with van der Waals surface area (Å²) in [5.74, 6) is 0.575. The Bertz CT molecular complexity index is 1190. The van der Waals surface area contributed by atoms with Gasteiger partial charge in [0.25, 0.3) is 5.91 Å². The lowest BCUT2D eigenvalue weighted by molar-refractivity contribution is -0.118. The van der Waals surface area contributed by atoms with Crippen LogP contribution in [-0.4, -0.2) is 30.6 Å². The molecule has 0 bridgehead atoms. The third-order valence-corrected chi connectivity index (χ3v) is 6.97. The number of carbonyl (C=O) groups excluding carboxylic acids is 1. The summed E-state index contributed by atoms with van der Waals surface area (Å²) in [6, 6.07) is 12.1. The molecule has 1 aliphatic rings. The first-order valence-electron chi connectivity index (χ1n) is 9.72. The minimum atomic E-state index is -0.160. The molecule has 0 saturated carbocycles. The third kappa shape index (κ3) is 3.68. The van der Waals surface area contributed by atoms with Gasteiger partial charge in [-0.2, -0.15) is 0 Å². The Morgan fingerprint density at radius 2 is 2.10 bits per heavy atom. The van der Waals surface area contributed by atoms with E-state index in [4.69, 9.17) is 4.74 Å². The molecule has 148 valence electrons. The van der Waals surface area contributed by atoms with Gasteiger partial charge in [0.1, 0.15) is 5.75 Å². The van der Waals surface area contributed by atoms with Gasteiger partial charge in [-0.1, -0.05) is 6.07 Å². The van der Waals surface area contributed by atoms with Crippen LogP contribution in [0.1, 0.15) is 17.8 Å². The molecule has 0 radical (unpaired) electrons. The van der Waals surface area contributed by atoms with E-state index in [1.165, 1.54) is 12.8 Å². The van der Waals surface area contributed by atoms with Crippen molar-refractivity contribution in [2.75, 3.05) is 29.9 Å². The van der Waals surface area contributed by atoms with Crippen molar-refractivity contribution in [3.8, 4) is 5.75 Å². The fourth-order valence-electron chi connectivity index (χ4n) is 3.80. The maximum absolute atomic E-state index is 12.5. The maximum Gasteiger partial charge on any atom is 0.262 e. The highest BCUT2D eigenvalue weighted by molar-refractivity contribution is 7.21. The van der Waals surface area contributed by atoms with Crippen LogP contribution in [0.3, 0.4) is 0 Å². The number of thiazole rings is 1. The molecular formula is C22H21N3O2S2. The van der Waals surface area contributed by atoms with Crippen molar-refractivity contribution in [1.29, 1.82) is 0 Å². The summed E-state index contributed by atoms with van der Waals surface area (Å²) in [5.41, 5.74) is 2.98. The monoisotopic (exact) mass is 423 g/mol. The van der Waals surface area contributed by atoms with Crippen LogP contribution in [-0.2, 0) is 4.79 Å². The molecule has 4 aromatic rings. The van der Waals surface area contributed by atoms with Crippen molar-refractivity contribution in [3.63, 3.8) is 0 Å². The van der Waals surface area contributed by atoms with Crippen molar-refractivity contribution in [1.82, 2.24) is 4.98 Å². The summed E-state index contributed by atoms with van der Waals surface area (Å²) in [5, 5.41) is 7.04. The predicted octanol–water partition coefficient (Wildman–Crippen LogP) is 5.44. The SMILES string of the molecule is Cc1nc2c(cc(OCC(=O)Nc3cccc(N4CCCC4)c3)c3ccsc32)s1. The minimum Gasteiger partial charge on any atom is -0.483 e. The minimum absolute atomic E-state index is 0.0256. The molecule has 2 aromatic carbocycles. The number of nitrogens with zero attached hydrogens (tertiary/aromatic N) is 2. The maximum atomic E-state index is 12.5. The van der Waals surface area contributed by atoms with Gasteiger partial charge in [0.15, 0.2) is 6.61 Å². The summed E-state index contributed by atoms with van der Waals surface area (Å²) >= 11 is 3.30. The average Bonchev–Trinajstić information content (AvgIpc) is 3.45. The topological polar surface area (TPSA) is 54.5 Å². The summed E-state index contributed by atoms with van der Waals surface area (Å²) in [6.45, 7) is 4.14. The van der Waals surface area contributed by atoms with E-state index in [1.54, 1.807) is 22.7 Å². The van der Waals surface area contributed by atoms with Crippen LogP contribution in [0.15, 0.2) is 41.8 Å². The molecule has 29 heavy (non-hydrogen) atoms. The molecule has 5 nitrogen and oxygen atoms in total. The number of fused-ring (bicyclic) bond motifs is 3. The predicted molar refractivity (Wildman–Crippen MR) is 122 cm³/mol. The van der Waals surface area contributed by atoms with Gasteiger partial charge in [0.05, 0.1) is 19.9 Å². The number of aryl methyl sites for hydroxylation is 1. The van der Waals surface area contributed by atoms with Gasteiger partial charge in [0.2, 0.25) is 0 Å². The number of nitrogens with one attached hydrogen (secondary N) is 1. The Morgan fingerprint density at radius 1 is 1.24 bits per heavy atom. The van der Waals surface area contributed by atoms with Gasteiger partial charge < -0.3 is 15.0 Å². The van der Waals surface area contributed by atoms with E-state index in [-0.39, 0.29) is 12.5 Å². The number of benzene rings is 2. The van der Waals surface area contributed by atoms with Gasteiger partial charge in [-0.25, -0.2) is 4.98 Å². The fraction of sp³-hybridized carbons (Fsp3) is 0.273. The van der Waals surface area contributed by atoms with Crippen LogP contribution in [0.2, 0.25) is 0 Å². The van der Waals surface area contributed by atoms with Gasteiger partial charge in [0, 0.05) is 35.9 Å². The van der Waals surface area contributed by atoms with E-state index < -0.39 is 0 Å². The summed E-state index contributed by atoms with van der Waals surface area (Å²) in [6.07, 6.45) is 2.45. The molecule has 1 saturated heterocycles. The van der Waals surface area contributed by atoms with Gasteiger partial charge >= 0.3 is 0 Å². The molecule has 0 aliphatic carbocycles. The number of aromatic nitrogens is 1. The third-order valence-electron chi connectivity index (χ3n) is 5.13. The van der Waals surface area contributed by atoms with Gasteiger partial charge in [-0.3, -0.25) is 4.79 Å². The fourth-order valence-corrected chi connectivity index (χ4v) is 5.64. The quantitative estimate of drug-likeness (QED) is 0.465. The number of hydrogen-bond acceptors (Lipinski definition) is 6. The molecule has 5 rings (SSSR count). The molecule has 1 fully saturated rings. The highest BCUT2D eigenvalue weighted by Gasteiger charge is 2.15. The standard InChI is InChI=1S/C22H21N3O2S2/c1-14-23-21-19(29-14)12-18(17-7-10-28-22(17)21)27-13-20(26)24-15-5-4-6-16(11-15)25-8-2-3-9-25/h4-7,10-12H,2-3,8-9,13H2,1H3,(H,24,26). The van der Waals surface area contributed by atoms with Crippen LogP contribution >= 0.6 is 22.7 Å². The van der Waals surface area contributed by atoms with Crippen LogP contribution in [0, 0.1) is 6.92 Å². The average molecular weight is 424 g/mol. The second-order valence-corrected chi connectivity index (χ2v) is 9.35. The first kappa shape index (κ1) is 18.4. The zero-order chi connectivity index (χ0) is 19.8. The number of amides is 1. The van der Waals surface area contributed by atoms with Crippen molar-refractivity contribution in [3.05, 3.63) is 46.8 Å². The Morgan fingerprint density at radius 3 is 2.97 bits per heavy atom. The smallest absolute Gasteiger partial charge is 0.262 e. The van der Waals surface area contributed by atoms with E-state index in [1.807, 2.05) is 42.6 Å². The van der Waals surface area contributed by atoms with Crippen molar-refractivity contribution >= 4 is 60.3 Å². The van der Waals surface area contributed by atoms with Crippen molar-refractivity contribution in [2.24, 2.45) is 0 Å². The molecule has 3 heterocycles. The molecule has 7 heteroatoms. The lowest BCUT2D eigenvalue weighted by atomic mass is 10.2. The van der Waals surface area contributed by atoms with E-state index in [0.29, 0.717) is 0 Å². The molecule has 0 unspecified atom stereocenters. The molecule has 1 N–H and O–H groups in total. The van der Waals surface area contributed by atoms with Crippen LogP contribution in [0.5, 0.6) is 5.75 Å². The summed E-state index contributed by atoms with van der Waals surface area (Å²) < 4.78 is 8.12. The zero-order valence-electron chi connectivity index (χ0n) is 16.1. The van der Waals surface area contributed by atoms with E-state index in [0.717, 1.165) is 55.5 Å². The number of carbonyl (C=O) groups is 1. The number of thiophene rings is 1. The molecule has 0 spiro atoms. The highest BCUT2D eigenvalue weighted by Crippen LogP contribution is 2.38. The summed E-state index contributed by atoms with van der Waals surface area (Å²) in [4.78, 5) is 19.5. The van der Waals surface area contributed by atoms with E-state index in [9.17, 15) is 4.79 Å². The second kappa shape index (κ2) is 7.65. The lowest BCUT2D eigenvalue weighted by Gasteiger charge is -2.18. The number of hydrogen-bond donors (Lipinski definition) is 1. The Kier molecular flexibility index (Phi) is 4.85. The Balaban J connectivity index is 1.30. The molecule has 2 aromatic heterocycles. The van der Waals surface area contributed by atoms with Crippen LogP contribution in [0.4, 0.5) is 11.4 Å². The Labute approximate surface area is 176 Å².